The molecule has 2 aliphatic heterocycles. The third-order valence-corrected chi connectivity index (χ3v) is 5.72. The Labute approximate surface area is 209 Å². The van der Waals surface area contributed by atoms with Crippen LogP contribution in [0.1, 0.15) is 26.7 Å². The van der Waals surface area contributed by atoms with E-state index in [0.717, 1.165) is 76.1 Å². The number of amides is 1. The first-order chi connectivity index (χ1) is 15.1. The number of methoxy groups -OCH3 is 1. The smallest absolute Gasteiger partial charge is 0.236 e. The number of hydrogen-bond donors (Lipinski definition) is 1. The topological polar surface area (TPSA) is 69.6 Å². The van der Waals surface area contributed by atoms with Crippen molar-refractivity contribution in [2.45, 2.75) is 32.8 Å². The van der Waals surface area contributed by atoms with Crippen molar-refractivity contribution in [1.29, 1.82) is 0 Å². The highest BCUT2D eigenvalue weighted by Crippen LogP contribution is 2.18. The highest BCUT2D eigenvalue weighted by Gasteiger charge is 2.24. The quantitative estimate of drug-likeness (QED) is 0.300. The van der Waals surface area contributed by atoms with E-state index in [1.54, 1.807) is 7.11 Å². The fraction of sp³-hybridized carbons (Fsp3) is 0.652. The normalized spacial score (nSPS) is 18.2. The zero-order valence-corrected chi connectivity index (χ0v) is 21.9. The van der Waals surface area contributed by atoms with Crippen molar-refractivity contribution in [1.82, 2.24) is 20.0 Å². The summed E-state index contributed by atoms with van der Waals surface area (Å²) < 4.78 is 11.2. The van der Waals surface area contributed by atoms with E-state index in [4.69, 9.17) is 14.5 Å². The Balaban J connectivity index is 0.00000363. The summed E-state index contributed by atoms with van der Waals surface area (Å²) in [6, 6.07) is 7.60. The summed E-state index contributed by atoms with van der Waals surface area (Å²) in [6.07, 6.45) is 2.24. The molecule has 0 spiro atoms. The number of carbonyl (C=O) groups excluding carboxylic acids is 1. The van der Waals surface area contributed by atoms with Crippen LogP contribution in [0.2, 0.25) is 0 Å². The van der Waals surface area contributed by atoms with Gasteiger partial charge >= 0.3 is 0 Å². The SMILES string of the molecule is CCNC(=NCC(C)Oc1ccc(OC)cc1)N1CCN(CC(=O)N2CCCC2)CC1.I. The van der Waals surface area contributed by atoms with Crippen LogP contribution in [0.4, 0.5) is 0 Å². The lowest BCUT2D eigenvalue weighted by Crippen LogP contribution is -2.54. The van der Waals surface area contributed by atoms with E-state index in [1.165, 1.54) is 0 Å². The second-order valence-electron chi connectivity index (χ2n) is 8.15. The van der Waals surface area contributed by atoms with Gasteiger partial charge in [0.2, 0.25) is 5.91 Å². The van der Waals surface area contributed by atoms with Gasteiger partial charge in [-0.2, -0.15) is 0 Å². The Morgan fingerprint density at radius 1 is 1.03 bits per heavy atom. The number of benzene rings is 1. The molecule has 2 fully saturated rings. The predicted octanol–water partition coefficient (Wildman–Crippen LogP) is 2.29. The largest absolute Gasteiger partial charge is 0.497 e. The van der Waals surface area contributed by atoms with Crippen LogP contribution in [0.25, 0.3) is 0 Å². The molecule has 3 rings (SSSR count). The third kappa shape index (κ3) is 7.99. The lowest BCUT2D eigenvalue weighted by Gasteiger charge is -2.36. The number of guanidine groups is 1. The number of nitrogens with one attached hydrogen (secondary N) is 1. The maximum Gasteiger partial charge on any atom is 0.236 e. The molecule has 0 bridgehead atoms. The number of ether oxygens (including phenoxy) is 2. The number of piperazine rings is 1. The zero-order chi connectivity index (χ0) is 22.1. The highest BCUT2D eigenvalue weighted by atomic mass is 127. The Morgan fingerprint density at radius 2 is 1.66 bits per heavy atom. The van der Waals surface area contributed by atoms with Crippen molar-refractivity contribution in [3.05, 3.63) is 24.3 Å². The summed E-state index contributed by atoms with van der Waals surface area (Å²) in [5.41, 5.74) is 0. The number of halogens is 1. The first-order valence-electron chi connectivity index (χ1n) is 11.4. The molecule has 1 amide bonds. The van der Waals surface area contributed by atoms with Crippen molar-refractivity contribution in [3.63, 3.8) is 0 Å². The molecule has 2 aliphatic rings. The molecular weight excluding hydrogens is 521 g/mol. The molecule has 1 unspecified atom stereocenters. The van der Waals surface area contributed by atoms with Gasteiger partial charge in [-0.05, 0) is 51.0 Å². The standard InChI is InChI=1S/C23H37N5O3.HI/c1-4-24-23(25-17-19(2)31-21-9-7-20(30-3)8-10-21)28-15-13-26(14-16-28)18-22(29)27-11-5-6-12-27;/h7-10,19H,4-6,11-18H2,1-3H3,(H,24,25);1H. The highest BCUT2D eigenvalue weighted by molar-refractivity contribution is 14.0. The molecule has 1 N–H and O–H groups in total. The summed E-state index contributed by atoms with van der Waals surface area (Å²) >= 11 is 0. The number of likely N-dealkylation sites (tertiary alicyclic amines) is 1. The first-order valence-corrected chi connectivity index (χ1v) is 11.4. The Hall–Kier alpha value is -1.75. The van der Waals surface area contributed by atoms with E-state index < -0.39 is 0 Å². The summed E-state index contributed by atoms with van der Waals surface area (Å²) in [5, 5.41) is 3.40. The van der Waals surface area contributed by atoms with Crippen LogP contribution in [0.5, 0.6) is 11.5 Å². The van der Waals surface area contributed by atoms with Crippen LogP contribution in [0.15, 0.2) is 29.3 Å². The van der Waals surface area contributed by atoms with Gasteiger partial charge < -0.3 is 24.6 Å². The van der Waals surface area contributed by atoms with Gasteiger partial charge in [-0.3, -0.25) is 9.69 Å². The number of nitrogens with zero attached hydrogens (tertiary/aromatic N) is 4. The number of hydrogen-bond acceptors (Lipinski definition) is 5. The molecule has 8 nitrogen and oxygen atoms in total. The maximum atomic E-state index is 12.4. The van der Waals surface area contributed by atoms with E-state index in [-0.39, 0.29) is 36.0 Å². The van der Waals surface area contributed by atoms with Crippen LogP contribution in [-0.4, -0.2) is 98.7 Å². The number of aliphatic imine (C=N–C) groups is 1. The fourth-order valence-corrected chi connectivity index (χ4v) is 3.94. The summed E-state index contributed by atoms with van der Waals surface area (Å²) in [4.78, 5) is 23.8. The van der Waals surface area contributed by atoms with Crippen LogP contribution < -0.4 is 14.8 Å². The fourth-order valence-electron chi connectivity index (χ4n) is 3.94. The molecule has 1 aromatic carbocycles. The predicted molar refractivity (Wildman–Crippen MR) is 138 cm³/mol. The van der Waals surface area contributed by atoms with E-state index >= 15 is 0 Å². The molecule has 32 heavy (non-hydrogen) atoms. The van der Waals surface area contributed by atoms with Gasteiger partial charge in [-0.25, -0.2) is 4.99 Å². The van der Waals surface area contributed by atoms with Crippen molar-refractivity contribution in [3.8, 4) is 11.5 Å². The molecule has 0 aliphatic carbocycles. The third-order valence-electron chi connectivity index (χ3n) is 5.72. The van der Waals surface area contributed by atoms with E-state index in [1.807, 2.05) is 36.1 Å². The van der Waals surface area contributed by atoms with Crippen molar-refractivity contribution < 1.29 is 14.3 Å². The van der Waals surface area contributed by atoms with Crippen molar-refractivity contribution >= 4 is 35.8 Å². The molecule has 0 radical (unpaired) electrons. The van der Waals surface area contributed by atoms with E-state index in [9.17, 15) is 4.79 Å². The van der Waals surface area contributed by atoms with Crippen LogP contribution in [0.3, 0.4) is 0 Å². The van der Waals surface area contributed by atoms with Crippen molar-refractivity contribution in [2.75, 3.05) is 66.0 Å². The van der Waals surface area contributed by atoms with Gasteiger partial charge in [-0.1, -0.05) is 0 Å². The maximum absolute atomic E-state index is 12.4. The summed E-state index contributed by atoms with van der Waals surface area (Å²) in [7, 11) is 1.65. The molecule has 1 atom stereocenters. The number of rotatable bonds is 8. The lowest BCUT2D eigenvalue weighted by molar-refractivity contribution is -0.131. The van der Waals surface area contributed by atoms with Crippen molar-refractivity contribution in [2.24, 2.45) is 4.99 Å². The minimum absolute atomic E-state index is 0. The van der Waals surface area contributed by atoms with E-state index in [2.05, 4.69) is 22.0 Å². The molecule has 2 heterocycles. The van der Waals surface area contributed by atoms with Crippen LogP contribution >= 0.6 is 24.0 Å². The monoisotopic (exact) mass is 559 g/mol. The molecule has 1 aromatic rings. The summed E-state index contributed by atoms with van der Waals surface area (Å²) in [6.45, 7) is 11.4. The minimum atomic E-state index is -0.0403. The molecule has 0 aromatic heterocycles. The average Bonchev–Trinajstić information content (AvgIpc) is 3.33. The first kappa shape index (κ1) is 26.5. The second-order valence-corrected chi connectivity index (χ2v) is 8.15. The molecule has 0 saturated carbocycles. The molecule has 180 valence electrons. The minimum Gasteiger partial charge on any atom is -0.497 e. The zero-order valence-electron chi connectivity index (χ0n) is 19.6. The Morgan fingerprint density at radius 3 is 2.25 bits per heavy atom. The molecular formula is C23H38IN5O3. The Bertz CT molecular complexity index is 717. The van der Waals surface area contributed by atoms with Gasteiger partial charge in [0.25, 0.3) is 0 Å². The molecule has 9 heteroatoms. The van der Waals surface area contributed by atoms with Gasteiger partial charge in [0.05, 0.1) is 20.2 Å². The van der Waals surface area contributed by atoms with Gasteiger partial charge in [-0.15, -0.1) is 24.0 Å². The molecule has 2 saturated heterocycles. The van der Waals surface area contributed by atoms with Gasteiger partial charge in [0.1, 0.15) is 17.6 Å². The van der Waals surface area contributed by atoms with Crippen LogP contribution in [-0.2, 0) is 4.79 Å². The number of carbonyl (C=O) groups is 1. The van der Waals surface area contributed by atoms with Gasteiger partial charge in [0, 0.05) is 45.8 Å². The van der Waals surface area contributed by atoms with Crippen LogP contribution in [0, 0.1) is 0 Å². The average molecular weight is 559 g/mol. The van der Waals surface area contributed by atoms with E-state index in [0.29, 0.717) is 13.1 Å². The van der Waals surface area contributed by atoms with Gasteiger partial charge in [0.15, 0.2) is 5.96 Å². The second kappa shape index (κ2) is 13.7. The Kier molecular flexibility index (Phi) is 11.4. The summed E-state index contributed by atoms with van der Waals surface area (Å²) in [5.74, 6) is 2.81. The lowest BCUT2D eigenvalue weighted by atomic mass is 10.3.